The van der Waals surface area contributed by atoms with Gasteiger partial charge >= 0.3 is 6.18 Å². The molecule has 2 rings (SSSR count). The largest absolute Gasteiger partial charge is 0.416 e. The number of hydrogen-bond donors (Lipinski definition) is 2. The molecule has 0 atom stereocenters. The van der Waals surface area contributed by atoms with E-state index in [9.17, 15) is 18.0 Å². The first kappa shape index (κ1) is 15.5. The van der Waals surface area contributed by atoms with Gasteiger partial charge < -0.3 is 10.6 Å². The van der Waals surface area contributed by atoms with Crippen molar-refractivity contribution in [3.05, 3.63) is 33.8 Å². The van der Waals surface area contributed by atoms with Gasteiger partial charge in [-0.15, -0.1) is 10.2 Å². The lowest BCUT2D eigenvalue weighted by molar-refractivity contribution is -0.137. The molecule has 1 amide bonds. The number of amides is 1. The molecular weight excluding hydrogens is 329 g/mol. The second-order valence-electron chi connectivity index (χ2n) is 3.81. The van der Waals surface area contributed by atoms with E-state index in [1.165, 1.54) is 0 Å². The predicted octanol–water partition coefficient (Wildman–Crippen LogP) is 3.50. The summed E-state index contributed by atoms with van der Waals surface area (Å²) in [6.45, 7) is 0. The highest BCUT2D eigenvalue weighted by atomic mass is 35.5. The Labute approximate surface area is 126 Å². The number of aromatic nitrogens is 2. The fourth-order valence-corrected chi connectivity index (χ4v) is 2.20. The van der Waals surface area contributed by atoms with Crippen LogP contribution >= 0.6 is 22.9 Å². The van der Waals surface area contributed by atoms with Gasteiger partial charge in [0, 0.05) is 7.05 Å². The fourth-order valence-electron chi connectivity index (χ4n) is 1.38. The summed E-state index contributed by atoms with van der Waals surface area (Å²) in [5.74, 6) is -0.601. The molecule has 1 aromatic heterocycles. The van der Waals surface area contributed by atoms with E-state index in [-0.39, 0.29) is 15.7 Å². The van der Waals surface area contributed by atoms with E-state index in [0.717, 1.165) is 29.5 Å². The van der Waals surface area contributed by atoms with Gasteiger partial charge in [-0.1, -0.05) is 22.9 Å². The molecule has 0 radical (unpaired) electrons. The summed E-state index contributed by atoms with van der Waals surface area (Å²) in [4.78, 5) is 11.9. The van der Waals surface area contributed by atoms with Gasteiger partial charge in [-0.25, -0.2) is 0 Å². The number of nitrogens with zero attached hydrogens (tertiary/aromatic N) is 2. The summed E-state index contributed by atoms with van der Waals surface area (Å²) >= 11 is 6.74. The number of benzene rings is 1. The summed E-state index contributed by atoms with van der Waals surface area (Å²) in [5, 5.41) is 12.7. The van der Waals surface area contributed by atoms with Crippen molar-refractivity contribution in [3.8, 4) is 0 Å². The molecular formula is C11H8ClF3N4OS. The normalized spacial score (nSPS) is 11.3. The molecule has 2 N–H and O–H groups in total. The number of carbonyl (C=O) groups excluding carboxylic acids is 1. The van der Waals surface area contributed by atoms with Gasteiger partial charge in [-0.05, 0) is 18.2 Å². The van der Waals surface area contributed by atoms with Crippen LogP contribution in [0.15, 0.2) is 18.2 Å². The number of hydrogen-bond acceptors (Lipinski definition) is 5. The van der Waals surface area contributed by atoms with Crippen molar-refractivity contribution < 1.29 is 18.0 Å². The lowest BCUT2D eigenvalue weighted by atomic mass is 10.2. The third-order valence-electron chi connectivity index (χ3n) is 2.38. The number of carbonyl (C=O) groups is 1. The summed E-state index contributed by atoms with van der Waals surface area (Å²) in [5.41, 5.74) is -0.824. The Morgan fingerprint density at radius 2 is 2.05 bits per heavy atom. The van der Waals surface area contributed by atoms with E-state index in [1.54, 1.807) is 7.05 Å². The van der Waals surface area contributed by atoms with Crippen LogP contribution in [0.2, 0.25) is 5.02 Å². The molecule has 0 saturated carbocycles. The maximum atomic E-state index is 12.5. The maximum absolute atomic E-state index is 12.5. The highest BCUT2D eigenvalue weighted by molar-refractivity contribution is 7.17. The zero-order valence-electron chi connectivity index (χ0n) is 10.5. The first-order chi connectivity index (χ1) is 9.81. The summed E-state index contributed by atoms with van der Waals surface area (Å²) < 4.78 is 37.5. The second-order valence-corrected chi connectivity index (χ2v) is 5.19. The van der Waals surface area contributed by atoms with Crippen LogP contribution in [-0.4, -0.2) is 23.2 Å². The van der Waals surface area contributed by atoms with Crippen molar-refractivity contribution in [2.24, 2.45) is 0 Å². The Morgan fingerprint density at radius 1 is 1.33 bits per heavy atom. The molecule has 0 aliphatic carbocycles. The summed E-state index contributed by atoms with van der Waals surface area (Å²) in [6, 6.07) is 2.67. The highest BCUT2D eigenvalue weighted by Crippen LogP contribution is 2.33. The molecule has 0 unspecified atom stereocenters. The number of halogens is 4. The van der Waals surface area contributed by atoms with Crippen LogP contribution in [0.3, 0.4) is 0 Å². The van der Waals surface area contributed by atoms with E-state index in [1.807, 2.05) is 0 Å². The number of rotatable bonds is 3. The van der Waals surface area contributed by atoms with Crippen molar-refractivity contribution in [2.45, 2.75) is 6.18 Å². The minimum absolute atomic E-state index is 0.0651. The molecule has 10 heteroatoms. The quantitative estimate of drug-likeness (QED) is 0.900. The van der Waals surface area contributed by atoms with Crippen LogP contribution in [0.1, 0.15) is 15.4 Å². The van der Waals surface area contributed by atoms with E-state index < -0.39 is 17.6 Å². The van der Waals surface area contributed by atoms with Crippen LogP contribution in [0.5, 0.6) is 0 Å². The standard InChI is InChI=1S/C11H8ClF3N4OS/c1-16-10-19-18-9(21-10)8(20)17-7-3-2-5(4-6(7)12)11(13,14)15/h2-4H,1H3,(H,16,19)(H,17,20). The molecule has 2 aromatic rings. The molecule has 0 fully saturated rings. The van der Waals surface area contributed by atoms with Crippen LogP contribution in [0, 0.1) is 0 Å². The number of alkyl halides is 3. The predicted molar refractivity (Wildman–Crippen MR) is 73.9 cm³/mol. The van der Waals surface area contributed by atoms with Gasteiger partial charge in [0.15, 0.2) is 0 Å². The Kier molecular flexibility index (Phi) is 4.33. The maximum Gasteiger partial charge on any atom is 0.416 e. The van der Waals surface area contributed by atoms with Crippen molar-refractivity contribution in [1.29, 1.82) is 0 Å². The van der Waals surface area contributed by atoms with Crippen LogP contribution in [0.4, 0.5) is 24.0 Å². The Hall–Kier alpha value is -1.87. The molecule has 0 saturated heterocycles. The minimum atomic E-state index is -4.49. The fraction of sp³-hybridized carbons (Fsp3) is 0.182. The van der Waals surface area contributed by atoms with Gasteiger partial charge in [0.2, 0.25) is 10.1 Å². The molecule has 0 aliphatic heterocycles. The third kappa shape index (κ3) is 3.61. The summed E-state index contributed by atoms with van der Waals surface area (Å²) in [7, 11) is 1.62. The highest BCUT2D eigenvalue weighted by Gasteiger charge is 2.31. The average molecular weight is 337 g/mol. The molecule has 5 nitrogen and oxygen atoms in total. The van der Waals surface area contributed by atoms with Gasteiger partial charge in [0.05, 0.1) is 16.3 Å². The molecule has 21 heavy (non-hydrogen) atoms. The van der Waals surface area contributed by atoms with Crippen molar-refractivity contribution in [3.63, 3.8) is 0 Å². The Morgan fingerprint density at radius 3 is 2.57 bits per heavy atom. The molecule has 1 heterocycles. The van der Waals surface area contributed by atoms with E-state index in [0.29, 0.717) is 5.13 Å². The second kappa shape index (κ2) is 5.86. The minimum Gasteiger partial charge on any atom is -0.363 e. The number of nitrogens with one attached hydrogen (secondary N) is 2. The zero-order chi connectivity index (χ0) is 15.6. The van der Waals surface area contributed by atoms with Gasteiger partial charge in [0.25, 0.3) is 5.91 Å². The van der Waals surface area contributed by atoms with Crippen molar-refractivity contribution in [2.75, 3.05) is 17.7 Å². The van der Waals surface area contributed by atoms with Crippen molar-refractivity contribution in [1.82, 2.24) is 10.2 Å². The zero-order valence-corrected chi connectivity index (χ0v) is 12.0. The number of anilines is 2. The van der Waals surface area contributed by atoms with Gasteiger partial charge in [-0.3, -0.25) is 4.79 Å². The smallest absolute Gasteiger partial charge is 0.363 e. The monoisotopic (exact) mass is 336 g/mol. The van der Waals surface area contributed by atoms with E-state index in [2.05, 4.69) is 20.8 Å². The molecule has 0 bridgehead atoms. The molecule has 112 valence electrons. The molecule has 0 aliphatic rings. The first-order valence-corrected chi connectivity index (χ1v) is 6.70. The third-order valence-corrected chi connectivity index (χ3v) is 3.63. The van der Waals surface area contributed by atoms with Crippen molar-refractivity contribution >= 4 is 39.7 Å². The van der Waals surface area contributed by atoms with Crippen LogP contribution in [0.25, 0.3) is 0 Å². The lowest BCUT2D eigenvalue weighted by Gasteiger charge is -2.10. The van der Waals surface area contributed by atoms with E-state index >= 15 is 0 Å². The molecule has 0 spiro atoms. The summed E-state index contributed by atoms with van der Waals surface area (Å²) in [6.07, 6.45) is -4.49. The van der Waals surface area contributed by atoms with Gasteiger partial charge in [0.1, 0.15) is 0 Å². The average Bonchev–Trinajstić information content (AvgIpc) is 2.88. The lowest BCUT2D eigenvalue weighted by Crippen LogP contribution is -2.12. The Balaban J connectivity index is 2.18. The van der Waals surface area contributed by atoms with Gasteiger partial charge in [-0.2, -0.15) is 13.2 Å². The molecule has 1 aromatic carbocycles. The Bertz CT molecular complexity index is 674. The van der Waals surface area contributed by atoms with Crippen LogP contribution < -0.4 is 10.6 Å². The topological polar surface area (TPSA) is 66.9 Å². The SMILES string of the molecule is CNc1nnc(C(=O)Nc2ccc(C(F)(F)F)cc2Cl)s1. The van der Waals surface area contributed by atoms with E-state index in [4.69, 9.17) is 11.6 Å². The van der Waals surface area contributed by atoms with Crippen LogP contribution in [-0.2, 0) is 6.18 Å². The first-order valence-electron chi connectivity index (χ1n) is 5.50.